The third kappa shape index (κ3) is 11.1. The van der Waals surface area contributed by atoms with E-state index < -0.39 is 0 Å². The quantitative estimate of drug-likeness (QED) is 0.180. The van der Waals surface area contributed by atoms with Gasteiger partial charge in [0, 0.05) is 90.4 Å². The number of rotatable bonds is 16. The molecule has 14 heteroatoms. The maximum Gasteiger partial charge on any atom is 0.228 e. The summed E-state index contributed by atoms with van der Waals surface area (Å²) >= 11 is 0. The molecule has 1 aliphatic rings. The lowest BCUT2D eigenvalue weighted by molar-refractivity contribution is -0.138. The van der Waals surface area contributed by atoms with E-state index in [4.69, 9.17) is 9.47 Å². The van der Waals surface area contributed by atoms with E-state index in [9.17, 15) is 19.2 Å². The summed E-state index contributed by atoms with van der Waals surface area (Å²) in [5, 5.41) is 11.9. The van der Waals surface area contributed by atoms with Crippen LogP contribution in [0, 0.1) is 0 Å². The third-order valence-electron chi connectivity index (χ3n) is 7.01. The van der Waals surface area contributed by atoms with Gasteiger partial charge in [0.15, 0.2) is 0 Å². The number of piperazine rings is 1. The minimum Gasteiger partial charge on any atom is -0.481 e. The molecule has 1 saturated heterocycles. The van der Waals surface area contributed by atoms with Crippen molar-refractivity contribution in [2.45, 2.75) is 39.8 Å². The predicted octanol–water partition coefficient (Wildman–Crippen LogP) is -0.599. The van der Waals surface area contributed by atoms with Crippen molar-refractivity contribution in [3.63, 3.8) is 0 Å². The van der Waals surface area contributed by atoms with E-state index in [2.05, 4.69) is 31.2 Å². The standard InChI is InChI=1S/C30H44N8O6/c1-21(39)33-11-9-31-19-23-5-7-25(35-29(23)43-3)17-27(41)37-13-15-38(16-14-37)28(42)18-26-8-6-24(30(36-26)44-4)20-32-10-12-34-22(2)40/h5-8,31-32H,9-20H2,1-4H3,(H,33,39)(H,34,40). The van der Waals surface area contributed by atoms with Gasteiger partial charge in [-0.05, 0) is 12.1 Å². The molecule has 0 atom stereocenters. The Morgan fingerprint density at radius 3 is 1.39 bits per heavy atom. The molecule has 4 amide bonds. The van der Waals surface area contributed by atoms with E-state index in [1.165, 1.54) is 13.8 Å². The van der Waals surface area contributed by atoms with Crippen molar-refractivity contribution in [2.24, 2.45) is 0 Å². The second kappa shape index (κ2) is 17.7. The molecule has 3 heterocycles. The Hall–Kier alpha value is -4.30. The topological polar surface area (TPSA) is 167 Å². The molecule has 0 radical (unpaired) electrons. The molecule has 0 unspecified atom stereocenters. The molecule has 3 rings (SSSR count). The molecule has 14 nitrogen and oxygen atoms in total. The normalized spacial score (nSPS) is 12.9. The van der Waals surface area contributed by atoms with Crippen LogP contribution in [0.5, 0.6) is 11.8 Å². The summed E-state index contributed by atoms with van der Waals surface area (Å²) in [6, 6.07) is 7.41. The van der Waals surface area contributed by atoms with Gasteiger partial charge in [-0.15, -0.1) is 0 Å². The van der Waals surface area contributed by atoms with Crippen LogP contribution in [-0.2, 0) is 45.1 Å². The minimum absolute atomic E-state index is 0.0551. The molecule has 1 fully saturated rings. The lowest BCUT2D eigenvalue weighted by Gasteiger charge is -2.34. The monoisotopic (exact) mass is 612 g/mol. The van der Waals surface area contributed by atoms with Crippen molar-refractivity contribution in [3.8, 4) is 11.8 Å². The molecule has 1 aliphatic heterocycles. The molecule has 0 saturated carbocycles. The molecule has 0 spiro atoms. The fraction of sp³-hybridized carbons (Fsp3) is 0.533. The first-order valence-electron chi connectivity index (χ1n) is 14.7. The summed E-state index contributed by atoms with van der Waals surface area (Å²) in [7, 11) is 3.08. The second-order valence-electron chi connectivity index (χ2n) is 10.4. The van der Waals surface area contributed by atoms with Gasteiger partial charge in [-0.2, -0.15) is 0 Å². The first kappa shape index (κ1) is 34.2. The Kier molecular flexibility index (Phi) is 13.8. The summed E-state index contributed by atoms with van der Waals surface area (Å²) in [4.78, 5) is 60.5. The molecule has 2 aromatic rings. The fourth-order valence-electron chi connectivity index (χ4n) is 4.67. The Labute approximate surface area is 258 Å². The highest BCUT2D eigenvalue weighted by atomic mass is 16.5. The lowest BCUT2D eigenvalue weighted by Crippen LogP contribution is -2.51. The molecule has 44 heavy (non-hydrogen) atoms. The SMILES string of the molecule is COc1nc(CC(=O)N2CCN(C(=O)Cc3ccc(CNCCNC(C)=O)c(OC)n3)CC2)ccc1CNCCNC(C)=O. The maximum absolute atomic E-state index is 13.0. The van der Waals surface area contributed by atoms with E-state index in [0.717, 1.165) is 11.1 Å². The molecule has 2 aromatic heterocycles. The summed E-state index contributed by atoms with van der Waals surface area (Å²) in [5.41, 5.74) is 2.93. The number of methoxy groups -OCH3 is 2. The van der Waals surface area contributed by atoms with Crippen LogP contribution in [0.1, 0.15) is 36.4 Å². The molecule has 0 bridgehead atoms. The lowest BCUT2D eigenvalue weighted by atomic mass is 10.1. The van der Waals surface area contributed by atoms with Crippen LogP contribution in [0.25, 0.3) is 0 Å². The third-order valence-corrected chi connectivity index (χ3v) is 7.01. The first-order valence-corrected chi connectivity index (χ1v) is 14.7. The van der Waals surface area contributed by atoms with Crippen LogP contribution in [-0.4, -0.2) is 110 Å². The van der Waals surface area contributed by atoms with Crippen molar-refractivity contribution in [2.75, 3.05) is 66.6 Å². The summed E-state index contributed by atoms with van der Waals surface area (Å²) in [6.07, 6.45) is 0.275. The van der Waals surface area contributed by atoms with Gasteiger partial charge < -0.3 is 40.5 Å². The van der Waals surface area contributed by atoms with Crippen molar-refractivity contribution < 1.29 is 28.7 Å². The highest BCUT2D eigenvalue weighted by Gasteiger charge is 2.25. The van der Waals surface area contributed by atoms with Gasteiger partial charge in [-0.1, -0.05) is 12.1 Å². The largest absolute Gasteiger partial charge is 0.481 e. The van der Waals surface area contributed by atoms with Gasteiger partial charge in [0.2, 0.25) is 35.4 Å². The van der Waals surface area contributed by atoms with Gasteiger partial charge in [0.25, 0.3) is 0 Å². The summed E-state index contributed by atoms with van der Waals surface area (Å²) in [6.45, 7) is 8.02. The van der Waals surface area contributed by atoms with E-state index in [-0.39, 0.29) is 36.5 Å². The number of amides is 4. The molecule has 0 aromatic carbocycles. The van der Waals surface area contributed by atoms with Gasteiger partial charge in [-0.25, -0.2) is 9.97 Å². The Morgan fingerprint density at radius 1 is 0.659 bits per heavy atom. The van der Waals surface area contributed by atoms with Gasteiger partial charge in [-0.3, -0.25) is 19.2 Å². The summed E-state index contributed by atoms with van der Waals surface area (Å²) < 4.78 is 10.9. The molecule has 240 valence electrons. The Balaban J connectivity index is 1.44. The highest BCUT2D eigenvalue weighted by Crippen LogP contribution is 2.18. The zero-order valence-electron chi connectivity index (χ0n) is 26.0. The first-order chi connectivity index (χ1) is 21.2. The Bertz CT molecular complexity index is 1180. The van der Waals surface area contributed by atoms with Gasteiger partial charge >= 0.3 is 0 Å². The number of pyridine rings is 2. The van der Waals surface area contributed by atoms with E-state index in [1.807, 2.05) is 24.3 Å². The number of aromatic nitrogens is 2. The number of nitrogens with one attached hydrogen (secondary N) is 4. The number of carbonyl (C=O) groups excluding carboxylic acids is 4. The van der Waals surface area contributed by atoms with Crippen LogP contribution in [0.2, 0.25) is 0 Å². The van der Waals surface area contributed by atoms with Crippen LogP contribution < -0.4 is 30.7 Å². The maximum atomic E-state index is 13.0. The number of carbonyl (C=O) groups is 4. The van der Waals surface area contributed by atoms with Crippen LogP contribution in [0.3, 0.4) is 0 Å². The summed E-state index contributed by atoms with van der Waals surface area (Å²) in [5.74, 6) is 0.648. The molecule has 0 aliphatic carbocycles. The highest BCUT2D eigenvalue weighted by molar-refractivity contribution is 5.80. The average Bonchev–Trinajstić information content (AvgIpc) is 3.01. The average molecular weight is 613 g/mol. The van der Waals surface area contributed by atoms with Crippen LogP contribution in [0.15, 0.2) is 24.3 Å². The van der Waals surface area contributed by atoms with E-state index in [0.29, 0.717) is 88.6 Å². The van der Waals surface area contributed by atoms with Crippen molar-refractivity contribution in [3.05, 3.63) is 46.8 Å². The molecular weight excluding hydrogens is 568 g/mol. The number of hydrogen-bond donors (Lipinski definition) is 4. The van der Waals surface area contributed by atoms with Crippen molar-refractivity contribution >= 4 is 23.6 Å². The van der Waals surface area contributed by atoms with Crippen LogP contribution >= 0.6 is 0 Å². The van der Waals surface area contributed by atoms with E-state index in [1.54, 1.807) is 24.0 Å². The number of ether oxygens (including phenoxy) is 2. The van der Waals surface area contributed by atoms with Crippen molar-refractivity contribution in [1.29, 1.82) is 0 Å². The smallest absolute Gasteiger partial charge is 0.228 e. The predicted molar refractivity (Wildman–Crippen MR) is 163 cm³/mol. The number of nitrogens with zero attached hydrogens (tertiary/aromatic N) is 4. The number of hydrogen-bond acceptors (Lipinski definition) is 10. The molecule has 4 N–H and O–H groups in total. The zero-order chi connectivity index (χ0) is 31.9. The minimum atomic E-state index is -0.0739. The fourth-order valence-corrected chi connectivity index (χ4v) is 4.67. The molecular formula is C30H44N8O6. The van der Waals surface area contributed by atoms with Gasteiger partial charge in [0.05, 0.1) is 38.4 Å². The zero-order valence-corrected chi connectivity index (χ0v) is 26.0. The second-order valence-corrected chi connectivity index (χ2v) is 10.4. The van der Waals surface area contributed by atoms with Gasteiger partial charge in [0.1, 0.15) is 0 Å². The van der Waals surface area contributed by atoms with E-state index >= 15 is 0 Å². The van der Waals surface area contributed by atoms with Crippen molar-refractivity contribution in [1.82, 2.24) is 41.0 Å². The Morgan fingerprint density at radius 2 is 1.05 bits per heavy atom. The van der Waals surface area contributed by atoms with Crippen LogP contribution in [0.4, 0.5) is 0 Å².